The number of carbonyl (C=O) groups is 1. The maximum Gasteiger partial charge on any atom is 0.289 e. The van der Waals surface area contributed by atoms with Crippen LogP contribution in [0, 0.1) is 6.92 Å². The highest BCUT2D eigenvalue weighted by atomic mass is 16.5. The number of aryl methyl sites for hydroxylation is 1. The molecule has 1 amide bonds. The van der Waals surface area contributed by atoms with Gasteiger partial charge in [0.25, 0.3) is 5.91 Å². The maximum atomic E-state index is 12.4. The first-order valence-electron chi connectivity index (χ1n) is 9.69. The highest BCUT2D eigenvalue weighted by Gasteiger charge is 2.22. The van der Waals surface area contributed by atoms with Crippen LogP contribution in [0.15, 0.2) is 29.4 Å². The van der Waals surface area contributed by atoms with Crippen molar-refractivity contribution in [3.8, 4) is 0 Å². The van der Waals surface area contributed by atoms with Crippen molar-refractivity contribution >= 4 is 35.1 Å². The van der Waals surface area contributed by atoms with Crippen LogP contribution in [0.2, 0.25) is 0 Å². The molecule has 1 aromatic carbocycles. The van der Waals surface area contributed by atoms with Gasteiger partial charge in [0, 0.05) is 27.2 Å². The molecule has 156 valence electrons. The fraction of sp³-hybridized carbons (Fsp3) is 0.350. The molecule has 0 saturated carbocycles. The Morgan fingerprint density at radius 3 is 2.80 bits per heavy atom. The standard InChI is InChI=1S/C20H24N8O2/c1-13-5-4-6-14(11-13)12-21-26-20-24-16-15(22-17(23-16)19(29)27(2)3)18(25-20)28-7-9-30-10-8-28/h4-6,11-12H,7-10H2,1-3H3,(H2,22,23,24,25,26)/b21-12+. The summed E-state index contributed by atoms with van der Waals surface area (Å²) in [5.41, 5.74) is 6.04. The van der Waals surface area contributed by atoms with Gasteiger partial charge in [-0.3, -0.25) is 4.79 Å². The van der Waals surface area contributed by atoms with Crippen molar-refractivity contribution in [2.45, 2.75) is 6.92 Å². The fourth-order valence-corrected chi connectivity index (χ4v) is 3.16. The number of anilines is 2. The van der Waals surface area contributed by atoms with Crippen molar-refractivity contribution in [1.82, 2.24) is 24.8 Å². The van der Waals surface area contributed by atoms with E-state index >= 15 is 0 Å². The molecule has 0 aliphatic carbocycles. The predicted molar refractivity (Wildman–Crippen MR) is 115 cm³/mol. The molecule has 0 bridgehead atoms. The number of imidazole rings is 1. The first-order valence-corrected chi connectivity index (χ1v) is 9.69. The molecule has 30 heavy (non-hydrogen) atoms. The van der Waals surface area contributed by atoms with Gasteiger partial charge in [0.05, 0.1) is 19.4 Å². The summed E-state index contributed by atoms with van der Waals surface area (Å²) < 4.78 is 5.45. The molecule has 3 aromatic rings. The van der Waals surface area contributed by atoms with E-state index in [9.17, 15) is 4.79 Å². The predicted octanol–water partition coefficient (Wildman–Crippen LogP) is 1.65. The van der Waals surface area contributed by atoms with Crippen LogP contribution in [0.25, 0.3) is 11.2 Å². The van der Waals surface area contributed by atoms with Crippen LogP contribution < -0.4 is 10.3 Å². The SMILES string of the molecule is Cc1cccc(/C=N/Nc2nc(N3CCOCC3)c3[nH]c(C(=O)N(C)C)nc3n2)c1. The van der Waals surface area contributed by atoms with Crippen molar-refractivity contribution in [2.24, 2.45) is 5.10 Å². The molecule has 1 aliphatic rings. The lowest BCUT2D eigenvalue weighted by Crippen LogP contribution is -2.37. The smallest absolute Gasteiger partial charge is 0.289 e. The molecule has 1 fully saturated rings. The minimum Gasteiger partial charge on any atom is -0.378 e. The van der Waals surface area contributed by atoms with Crippen LogP contribution in [0.1, 0.15) is 21.7 Å². The zero-order chi connectivity index (χ0) is 21.1. The number of nitrogens with one attached hydrogen (secondary N) is 2. The summed E-state index contributed by atoms with van der Waals surface area (Å²) in [7, 11) is 3.36. The van der Waals surface area contributed by atoms with Crippen molar-refractivity contribution in [2.75, 3.05) is 50.7 Å². The summed E-state index contributed by atoms with van der Waals surface area (Å²) in [5, 5.41) is 4.26. The molecule has 3 heterocycles. The van der Waals surface area contributed by atoms with E-state index in [0.29, 0.717) is 49.2 Å². The number of morpholine rings is 1. The average Bonchev–Trinajstić information content (AvgIpc) is 3.17. The zero-order valence-corrected chi connectivity index (χ0v) is 17.2. The number of aromatic nitrogens is 4. The summed E-state index contributed by atoms with van der Waals surface area (Å²) in [6.45, 7) is 4.62. The number of hydrogen-bond donors (Lipinski definition) is 2. The lowest BCUT2D eigenvalue weighted by atomic mass is 10.2. The molecule has 4 rings (SSSR count). The Hall–Kier alpha value is -3.53. The van der Waals surface area contributed by atoms with Gasteiger partial charge in [-0.05, 0) is 12.5 Å². The quantitative estimate of drug-likeness (QED) is 0.488. The van der Waals surface area contributed by atoms with Gasteiger partial charge in [-0.2, -0.15) is 15.1 Å². The van der Waals surface area contributed by atoms with Gasteiger partial charge in [-0.25, -0.2) is 10.4 Å². The van der Waals surface area contributed by atoms with Crippen LogP contribution in [0.4, 0.5) is 11.8 Å². The Morgan fingerprint density at radius 2 is 2.07 bits per heavy atom. The van der Waals surface area contributed by atoms with Gasteiger partial charge in [-0.1, -0.05) is 29.8 Å². The molecular weight excluding hydrogens is 384 g/mol. The van der Waals surface area contributed by atoms with Gasteiger partial charge in [0.2, 0.25) is 5.95 Å². The zero-order valence-electron chi connectivity index (χ0n) is 17.2. The molecule has 0 unspecified atom stereocenters. The second-order valence-corrected chi connectivity index (χ2v) is 7.24. The van der Waals surface area contributed by atoms with Crippen LogP contribution in [-0.2, 0) is 4.74 Å². The number of amides is 1. The first kappa shape index (κ1) is 19.8. The third-order valence-electron chi connectivity index (χ3n) is 4.67. The second kappa shape index (κ2) is 8.46. The first-order chi connectivity index (χ1) is 14.5. The number of H-pyrrole nitrogens is 1. The van der Waals surface area contributed by atoms with E-state index in [2.05, 4.69) is 35.4 Å². The van der Waals surface area contributed by atoms with Gasteiger partial charge < -0.3 is 19.5 Å². The fourth-order valence-electron chi connectivity index (χ4n) is 3.16. The van der Waals surface area contributed by atoms with Crippen LogP contribution >= 0.6 is 0 Å². The van der Waals surface area contributed by atoms with E-state index in [-0.39, 0.29) is 11.7 Å². The summed E-state index contributed by atoms with van der Waals surface area (Å²) in [5.74, 6) is 0.970. The number of ether oxygens (including phenoxy) is 1. The van der Waals surface area contributed by atoms with Gasteiger partial charge in [-0.15, -0.1) is 0 Å². The second-order valence-electron chi connectivity index (χ2n) is 7.24. The lowest BCUT2D eigenvalue weighted by Gasteiger charge is -2.28. The van der Waals surface area contributed by atoms with Gasteiger partial charge in [0.15, 0.2) is 17.3 Å². The number of aromatic amines is 1. The van der Waals surface area contributed by atoms with E-state index in [1.807, 2.05) is 31.2 Å². The van der Waals surface area contributed by atoms with E-state index in [1.54, 1.807) is 20.3 Å². The number of benzene rings is 1. The number of fused-ring (bicyclic) bond motifs is 1. The summed E-state index contributed by atoms with van der Waals surface area (Å²) in [4.78, 5) is 32.4. The Kier molecular flexibility index (Phi) is 5.57. The minimum atomic E-state index is -0.229. The topological polar surface area (TPSA) is 112 Å². The molecular formula is C20H24N8O2. The van der Waals surface area contributed by atoms with E-state index in [0.717, 1.165) is 11.1 Å². The van der Waals surface area contributed by atoms with E-state index < -0.39 is 0 Å². The number of hydrazone groups is 1. The van der Waals surface area contributed by atoms with Gasteiger partial charge in [0.1, 0.15) is 5.52 Å². The van der Waals surface area contributed by atoms with Gasteiger partial charge >= 0.3 is 0 Å². The number of rotatable bonds is 5. The van der Waals surface area contributed by atoms with Crippen LogP contribution in [0.3, 0.4) is 0 Å². The lowest BCUT2D eigenvalue weighted by molar-refractivity contribution is 0.0817. The highest BCUT2D eigenvalue weighted by Crippen LogP contribution is 2.25. The molecule has 2 aromatic heterocycles. The Balaban J connectivity index is 1.68. The molecule has 0 atom stereocenters. The highest BCUT2D eigenvalue weighted by molar-refractivity contribution is 5.95. The molecule has 10 heteroatoms. The number of carbonyl (C=O) groups excluding carboxylic acids is 1. The van der Waals surface area contributed by atoms with Crippen molar-refractivity contribution in [3.05, 3.63) is 41.2 Å². The monoisotopic (exact) mass is 408 g/mol. The Morgan fingerprint density at radius 1 is 1.27 bits per heavy atom. The van der Waals surface area contributed by atoms with Crippen LogP contribution in [0.5, 0.6) is 0 Å². The van der Waals surface area contributed by atoms with E-state index in [4.69, 9.17) is 4.74 Å². The molecule has 2 N–H and O–H groups in total. The Bertz CT molecular complexity index is 1090. The van der Waals surface area contributed by atoms with Crippen LogP contribution in [-0.4, -0.2) is 77.4 Å². The average molecular weight is 408 g/mol. The molecule has 1 saturated heterocycles. The Labute approximate surface area is 174 Å². The van der Waals surface area contributed by atoms with Crippen molar-refractivity contribution in [3.63, 3.8) is 0 Å². The largest absolute Gasteiger partial charge is 0.378 e. The minimum absolute atomic E-state index is 0.222. The molecule has 10 nitrogen and oxygen atoms in total. The summed E-state index contributed by atoms with van der Waals surface area (Å²) in [6.07, 6.45) is 1.71. The summed E-state index contributed by atoms with van der Waals surface area (Å²) in [6, 6.07) is 8.00. The normalized spacial score (nSPS) is 14.4. The van der Waals surface area contributed by atoms with Crippen molar-refractivity contribution in [1.29, 1.82) is 0 Å². The number of nitrogens with zero attached hydrogens (tertiary/aromatic N) is 6. The summed E-state index contributed by atoms with van der Waals surface area (Å²) >= 11 is 0. The molecule has 1 aliphatic heterocycles. The molecule has 0 spiro atoms. The third-order valence-corrected chi connectivity index (χ3v) is 4.67. The molecule has 0 radical (unpaired) electrons. The third kappa shape index (κ3) is 4.23. The van der Waals surface area contributed by atoms with Crippen molar-refractivity contribution < 1.29 is 9.53 Å². The number of hydrogen-bond acceptors (Lipinski definition) is 8. The maximum absolute atomic E-state index is 12.4. The van der Waals surface area contributed by atoms with E-state index in [1.165, 1.54) is 4.90 Å².